The van der Waals surface area contributed by atoms with Crippen LogP contribution in [0.4, 0.5) is 5.82 Å². The molecule has 2 aromatic rings. The number of carbonyl (C=O) groups excluding carboxylic acids is 2. The van der Waals surface area contributed by atoms with E-state index in [1.807, 2.05) is 27.7 Å². The smallest absolute Gasteiger partial charge is 0.245 e. The third-order valence-corrected chi connectivity index (χ3v) is 4.84. The van der Waals surface area contributed by atoms with Crippen molar-refractivity contribution >= 4 is 18.1 Å². The van der Waals surface area contributed by atoms with Gasteiger partial charge in [0.15, 0.2) is 5.82 Å². The molecule has 1 fully saturated rings. The summed E-state index contributed by atoms with van der Waals surface area (Å²) in [6, 6.07) is 10.1. The Balaban J connectivity index is 1.79. The second kappa shape index (κ2) is 7.96. The van der Waals surface area contributed by atoms with Gasteiger partial charge in [0.1, 0.15) is 6.04 Å². The Kier molecular flexibility index (Phi) is 5.48. The van der Waals surface area contributed by atoms with Crippen molar-refractivity contribution in [3.8, 4) is 0 Å². The molecule has 0 saturated carbocycles. The quantitative estimate of drug-likeness (QED) is 0.788. The normalized spacial score (nSPS) is 18.1. The van der Waals surface area contributed by atoms with Crippen LogP contribution >= 0.6 is 0 Å². The number of anilines is 1. The summed E-state index contributed by atoms with van der Waals surface area (Å²) < 4.78 is 1.82. The summed E-state index contributed by atoms with van der Waals surface area (Å²) in [7, 11) is 0. The third kappa shape index (κ3) is 4.07. The molecule has 2 atom stereocenters. The highest BCUT2D eigenvalue weighted by Gasteiger charge is 2.31. The van der Waals surface area contributed by atoms with E-state index in [4.69, 9.17) is 0 Å². The fourth-order valence-electron chi connectivity index (χ4n) is 3.44. The molecule has 1 N–H and O–H groups in total. The Bertz CT molecular complexity index is 713. The first-order valence-corrected chi connectivity index (χ1v) is 8.77. The molecule has 2 amide bonds. The minimum absolute atomic E-state index is 0.135. The van der Waals surface area contributed by atoms with Gasteiger partial charge in [0.05, 0.1) is 6.33 Å². The standard InChI is InChI=1S/C19H24N4O2/c1-15-6-5-11-23(15)19(25)17(10-9-16-7-3-2-4-8-16)22-12-18(20-13-22)21-14-24/h2-4,7-8,12-15,17H,5-6,9-11H2,1H3,(H,21,24)/t15-,17?/m1/s1. The zero-order chi connectivity index (χ0) is 17.6. The van der Waals surface area contributed by atoms with Gasteiger partial charge < -0.3 is 14.8 Å². The molecule has 1 saturated heterocycles. The Morgan fingerprint density at radius 2 is 2.20 bits per heavy atom. The molecule has 6 heteroatoms. The van der Waals surface area contributed by atoms with Crippen LogP contribution in [-0.4, -0.2) is 39.4 Å². The van der Waals surface area contributed by atoms with E-state index in [0.29, 0.717) is 18.6 Å². The monoisotopic (exact) mass is 340 g/mol. The first kappa shape index (κ1) is 17.2. The van der Waals surface area contributed by atoms with E-state index in [0.717, 1.165) is 25.8 Å². The maximum Gasteiger partial charge on any atom is 0.245 e. The summed E-state index contributed by atoms with van der Waals surface area (Å²) >= 11 is 0. The highest BCUT2D eigenvalue weighted by molar-refractivity contribution is 5.81. The number of amides is 2. The highest BCUT2D eigenvalue weighted by atomic mass is 16.2. The van der Waals surface area contributed by atoms with E-state index in [9.17, 15) is 9.59 Å². The van der Waals surface area contributed by atoms with E-state index in [1.165, 1.54) is 5.56 Å². The first-order valence-electron chi connectivity index (χ1n) is 8.77. The van der Waals surface area contributed by atoms with Crippen LogP contribution < -0.4 is 5.32 Å². The van der Waals surface area contributed by atoms with Crippen LogP contribution in [0.3, 0.4) is 0 Å². The molecule has 1 aromatic carbocycles. The zero-order valence-electron chi connectivity index (χ0n) is 14.5. The Hall–Kier alpha value is -2.63. The van der Waals surface area contributed by atoms with Crippen LogP contribution in [0.2, 0.25) is 0 Å². The maximum atomic E-state index is 13.1. The lowest BCUT2D eigenvalue weighted by atomic mass is 10.0. The minimum Gasteiger partial charge on any atom is -0.338 e. The largest absolute Gasteiger partial charge is 0.338 e. The van der Waals surface area contributed by atoms with Crippen molar-refractivity contribution in [3.05, 3.63) is 48.4 Å². The van der Waals surface area contributed by atoms with Gasteiger partial charge in [-0.25, -0.2) is 4.98 Å². The van der Waals surface area contributed by atoms with Crippen LogP contribution in [-0.2, 0) is 16.0 Å². The van der Waals surface area contributed by atoms with Crippen molar-refractivity contribution in [1.29, 1.82) is 0 Å². The molecule has 0 radical (unpaired) electrons. The van der Waals surface area contributed by atoms with Crippen LogP contribution in [0.5, 0.6) is 0 Å². The van der Waals surface area contributed by atoms with Crippen LogP contribution in [0.1, 0.15) is 37.8 Å². The predicted molar refractivity (Wildman–Crippen MR) is 96.1 cm³/mol. The number of benzene rings is 1. The minimum atomic E-state index is -0.310. The fourth-order valence-corrected chi connectivity index (χ4v) is 3.44. The van der Waals surface area contributed by atoms with E-state index in [2.05, 4.69) is 29.4 Å². The topological polar surface area (TPSA) is 67.2 Å². The van der Waals surface area contributed by atoms with Gasteiger partial charge in [-0.2, -0.15) is 0 Å². The Morgan fingerprint density at radius 3 is 2.88 bits per heavy atom. The highest BCUT2D eigenvalue weighted by Crippen LogP contribution is 2.25. The molecule has 6 nitrogen and oxygen atoms in total. The zero-order valence-corrected chi connectivity index (χ0v) is 14.5. The summed E-state index contributed by atoms with van der Waals surface area (Å²) in [4.78, 5) is 29.9. The van der Waals surface area contributed by atoms with Crippen LogP contribution in [0, 0.1) is 0 Å². The van der Waals surface area contributed by atoms with Crippen LogP contribution in [0.15, 0.2) is 42.9 Å². The SMILES string of the molecule is C[C@@H]1CCCN1C(=O)C(CCc1ccccc1)n1cnc(NC=O)c1. The molecule has 0 aliphatic carbocycles. The molecule has 0 spiro atoms. The Labute approximate surface area is 147 Å². The van der Waals surface area contributed by atoms with Gasteiger partial charge in [-0.1, -0.05) is 30.3 Å². The number of nitrogens with one attached hydrogen (secondary N) is 1. The van der Waals surface area contributed by atoms with Gasteiger partial charge in [0.2, 0.25) is 12.3 Å². The average molecular weight is 340 g/mol. The van der Waals surface area contributed by atoms with Gasteiger partial charge in [0, 0.05) is 18.8 Å². The maximum absolute atomic E-state index is 13.1. The molecule has 3 rings (SSSR count). The molecule has 0 bridgehead atoms. The van der Waals surface area contributed by atoms with E-state index in [1.54, 1.807) is 12.5 Å². The van der Waals surface area contributed by atoms with Crippen molar-refractivity contribution in [2.45, 2.75) is 44.7 Å². The van der Waals surface area contributed by atoms with Gasteiger partial charge in [-0.05, 0) is 38.2 Å². The number of hydrogen-bond acceptors (Lipinski definition) is 3. The van der Waals surface area contributed by atoms with Crippen molar-refractivity contribution < 1.29 is 9.59 Å². The number of aryl methyl sites for hydroxylation is 1. The van der Waals surface area contributed by atoms with E-state index in [-0.39, 0.29) is 18.0 Å². The molecular weight excluding hydrogens is 316 g/mol. The lowest BCUT2D eigenvalue weighted by Crippen LogP contribution is -2.39. The molecule has 1 aromatic heterocycles. The summed E-state index contributed by atoms with van der Waals surface area (Å²) in [5, 5.41) is 2.54. The lowest BCUT2D eigenvalue weighted by Gasteiger charge is -2.27. The van der Waals surface area contributed by atoms with E-state index < -0.39 is 0 Å². The second-order valence-electron chi connectivity index (χ2n) is 6.53. The number of nitrogens with zero attached hydrogens (tertiary/aromatic N) is 3. The number of rotatable bonds is 7. The molecule has 1 aliphatic heterocycles. The second-order valence-corrected chi connectivity index (χ2v) is 6.53. The molecule has 1 unspecified atom stereocenters. The summed E-state index contributed by atoms with van der Waals surface area (Å²) in [6.45, 7) is 2.92. The number of aromatic nitrogens is 2. The molecule has 2 heterocycles. The lowest BCUT2D eigenvalue weighted by molar-refractivity contribution is -0.135. The van der Waals surface area contributed by atoms with Crippen molar-refractivity contribution in [2.24, 2.45) is 0 Å². The number of carbonyl (C=O) groups is 2. The average Bonchev–Trinajstić information content (AvgIpc) is 3.25. The van der Waals surface area contributed by atoms with Crippen LogP contribution in [0.25, 0.3) is 0 Å². The number of hydrogen-bond donors (Lipinski definition) is 1. The Morgan fingerprint density at radius 1 is 1.40 bits per heavy atom. The predicted octanol–water partition coefficient (Wildman–Crippen LogP) is 2.64. The molecule has 132 valence electrons. The fraction of sp³-hybridized carbons (Fsp3) is 0.421. The summed E-state index contributed by atoms with van der Waals surface area (Å²) in [5.41, 5.74) is 1.21. The van der Waals surface area contributed by atoms with Crippen molar-refractivity contribution in [1.82, 2.24) is 14.5 Å². The third-order valence-electron chi connectivity index (χ3n) is 4.84. The van der Waals surface area contributed by atoms with E-state index >= 15 is 0 Å². The van der Waals surface area contributed by atoms with Gasteiger partial charge in [0.25, 0.3) is 0 Å². The van der Waals surface area contributed by atoms with Crippen molar-refractivity contribution in [2.75, 3.05) is 11.9 Å². The molecule has 25 heavy (non-hydrogen) atoms. The van der Waals surface area contributed by atoms with Gasteiger partial charge in [-0.3, -0.25) is 9.59 Å². The number of imidazole rings is 1. The molecule has 1 aliphatic rings. The summed E-state index contributed by atoms with van der Waals surface area (Å²) in [5.74, 6) is 0.595. The first-order chi connectivity index (χ1) is 12.2. The molecular formula is C19H24N4O2. The van der Waals surface area contributed by atoms with Crippen molar-refractivity contribution in [3.63, 3.8) is 0 Å². The van der Waals surface area contributed by atoms with Gasteiger partial charge >= 0.3 is 0 Å². The summed E-state index contributed by atoms with van der Waals surface area (Å²) in [6.07, 6.45) is 7.56. The van der Waals surface area contributed by atoms with Gasteiger partial charge in [-0.15, -0.1) is 0 Å². The number of likely N-dealkylation sites (tertiary alicyclic amines) is 1.